The van der Waals surface area contributed by atoms with E-state index in [-0.39, 0.29) is 11.8 Å². The zero-order valence-electron chi connectivity index (χ0n) is 32.8. The largest absolute Gasteiger partial charge is 0.467 e. The summed E-state index contributed by atoms with van der Waals surface area (Å²) in [6, 6.07) is 36.8. The highest BCUT2D eigenvalue weighted by Crippen LogP contribution is 2.21. The third kappa shape index (κ3) is 10.4. The van der Waals surface area contributed by atoms with Crippen molar-refractivity contribution >= 4 is 23.8 Å². The molecule has 302 valence electrons. The Morgan fingerprint density at radius 2 is 0.900 bits per heavy atom. The Morgan fingerprint density at radius 3 is 1.28 bits per heavy atom. The lowest BCUT2D eigenvalue weighted by Crippen LogP contribution is -2.43. The zero-order valence-corrected chi connectivity index (χ0v) is 32.8. The maximum Gasteiger partial charge on any atom is 0.328 e. The minimum atomic E-state index is -0.828. The van der Waals surface area contributed by atoms with Crippen LogP contribution >= 0.6 is 0 Å². The van der Waals surface area contributed by atoms with Crippen LogP contribution in [0.5, 0.6) is 0 Å². The molecular formula is C45H41N9O6. The van der Waals surface area contributed by atoms with Crippen LogP contribution in [0.1, 0.15) is 43.0 Å². The Kier molecular flexibility index (Phi) is 12.8. The van der Waals surface area contributed by atoms with Gasteiger partial charge < -0.3 is 20.1 Å². The number of nitrogens with zero attached hydrogens (tertiary/aromatic N) is 7. The molecule has 3 heterocycles. The second-order valence-corrected chi connectivity index (χ2v) is 13.9. The predicted molar refractivity (Wildman–Crippen MR) is 220 cm³/mol. The number of hydrogen-bond acceptors (Lipinski definition) is 11. The smallest absolute Gasteiger partial charge is 0.328 e. The Bertz CT molecular complexity index is 2380. The predicted octanol–water partition coefficient (Wildman–Crippen LogP) is 4.72. The molecule has 15 heteroatoms. The van der Waals surface area contributed by atoms with E-state index in [2.05, 4.69) is 31.3 Å². The molecule has 7 aromatic rings. The van der Waals surface area contributed by atoms with Gasteiger partial charge in [0.25, 0.3) is 11.8 Å². The van der Waals surface area contributed by atoms with Gasteiger partial charge in [0.15, 0.2) is 0 Å². The highest BCUT2D eigenvalue weighted by atomic mass is 16.5. The SMILES string of the molecule is COC(=O)[C@@H](Cc1ccccc1)NC(=O)c1ccc(Cn2cc(-c3cccc(-c4cn(Cc5ccc(C(=O)N[C@H](Cc6ccccc6)C(=O)OC)cc5)nn4)n3)nn2)cc1. The van der Waals surface area contributed by atoms with Crippen molar-refractivity contribution in [1.82, 2.24) is 45.6 Å². The maximum atomic E-state index is 13.0. The van der Waals surface area contributed by atoms with Crippen molar-refractivity contribution in [2.45, 2.75) is 38.0 Å². The Labute approximate surface area is 345 Å². The summed E-state index contributed by atoms with van der Waals surface area (Å²) in [6.07, 6.45) is 4.19. The number of benzene rings is 4. The lowest BCUT2D eigenvalue weighted by Gasteiger charge is -2.17. The number of pyridine rings is 1. The van der Waals surface area contributed by atoms with Crippen molar-refractivity contribution in [3.05, 3.63) is 173 Å². The minimum absolute atomic E-state index is 0.308. The van der Waals surface area contributed by atoms with Crippen LogP contribution < -0.4 is 10.6 Å². The molecule has 60 heavy (non-hydrogen) atoms. The number of rotatable bonds is 16. The standard InChI is InChI=1S/C45H41N9O6/c1-59-44(57)38(24-30-10-5-3-6-11-30)47-42(55)34-20-16-32(17-21-34)26-53-28-40(49-51-53)36-14-9-15-37(46-36)41-29-54(52-50-41)27-33-18-22-35(23-19-33)43(56)48-39(45(58)60-2)25-31-12-7-4-8-13-31/h3-23,28-29,38-39H,24-27H2,1-2H3,(H,47,55)(H,48,56)/t38-,39-/m1/s1. The van der Waals surface area contributed by atoms with Crippen molar-refractivity contribution in [1.29, 1.82) is 0 Å². The van der Waals surface area contributed by atoms with Gasteiger partial charge in [0.2, 0.25) is 0 Å². The quantitative estimate of drug-likeness (QED) is 0.129. The van der Waals surface area contributed by atoms with Crippen LogP contribution in [0.2, 0.25) is 0 Å². The van der Waals surface area contributed by atoms with E-state index in [1.54, 1.807) is 46.0 Å². The van der Waals surface area contributed by atoms with Crippen LogP contribution in [0.15, 0.2) is 140 Å². The fraction of sp³-hybridized carbons (Fsp3) is 0.178. The van der Waals surface area contributed by atoms with Gasteiger partial charge in [-0.05, 0) is 58.7 Å². The Hall–Kier alpha value is -7.81. The molecular weight excluding hydrogens is 763 g/mol. The molecule has 0 bridgehead atoms. The molecule has 2 amide bonds. The van der Waals surface area contributed by atoms with Crippen LogP contribution in [0.25, 0.3) is 22.8 Å². The Morgan fingerprint density at radius 1 is 0.500 bits per heavy atom. The highest BCUT2D eigenvalue weighted by molar-refractivity contribution is 5.97. The van der Waals surface area contributed by atoms with Crippen LogP contribution in [-0.2, 0) is 45.0 Å². The first-order chi connectivity index (χ1) is 29.2. The number of aromatic nitrogens is 7. The first kappa shape index (κ1) is 40.4. The van der Waals surface area contributed by atoms with E-state index in [1.807, 2.05) is 103 Å². The molecule has 0 aliphatic rings. The fourth-order valence-corrected chi connectivity index (χ4v) is 6.46. The minimum Gasteiger partial charge on any atom is -0.467 e. The normalized spacial score (nSPS) is 11.9. The van der Waals surface area contributed by atoms with Gasteiger partial charge in [0.1, 0.15) is 23.5 Å². The summed E-state index contributed by atoms with van der Waals surface area (Å²) in [5.74, 6) is -1.81. The van der Waals surface area contributed by atoms with Gasteiger partial charge in [-0.3, -0.25) is 9.59 Å². The van der Waals surface area contributed by atoms with Crippen molar-refractivity contribution < 1.29 is 28.7 Å². The van der Waals surface area contributed by atoms with Gasteiger partial charge in [0, 0.05) is 24.0 Å². The summed E-state index contributed by atoms with van der Waals surface area (Å²) in [4.78, 5) is 55.7. The number of methoxy groups -OCH3 is 2. The molecule has 0 unspecified atom stereocenters. The molecule has 2 atom stereocenters. The van der Waals surface area contributed by atoms with Crippen LogP contribution in [-0.4, -0.2) is 85.0 Å². The molecule has 0 aliphatic heterocycles. The number of hydrogen-bond donors (Lipinski definition) is 2. The molecule has 7 rings (SSSR count). The topological polar surface area (TPSA) is 185 Å². The number of ether oxygens (including phenoxy) is 2. The summed E-state index contributed by atoms with van der Waals surface area (Å²) in [7, 11) is 2.59. The number of esters is 2. The lowest BCUT2D eigenvalue weighted by molar-refractivity contribution is -0.143. The molecule has 4 aromatic carbocycles. The van der Waals surface area contributed by atoms with E-state index in [1.165, 1.54) is 14.2 Å². The third-order valence-electron chi connectivity index (χ3n) is 9.62. The van der Waals surface area contributed by atoms with E-state index < -0.39 is 24.0 Å². The van der Waals surface area contributed by atoms with E-state index in [4.69, 9.17) is 14.5 Å². The second kappa shape index (κ2) is 19.1. The van der Waals surface area contributed by atoms with Gasteiger partial charge >= 0.3 is 11.9 Å². The number of carbonyl (C=O) groups excluding carboxylic acids is 4. The van der Waals surface area contributed by atoms with Crippen LogP contribution in [0, 0.1) is 0 Å². The first-order valence-electron chi connectivity index (χ1n) is 19.1. The average Bonchev–Trinajstić information content (AvgIpc) is 3.97. The van der Waals surface area contributed by atoms with E-state index in [9.17, 15) is 19.2 Å². The van der Waals surface area contributed by atoms with Gasteiger partial charge in [-0.1, -0.05) is 101 Å². The number of nitrogens with one attached hydrogen (secondary N) is 2. The summed E-state index contributed by atoms with van der Waals surface area (Å²) in [5, 5.41) is 22.8. The second-order valence-electron chi connectivity index (χ2n) is 13.9. The summed E-state index contributed by atoms with van der Waals surface area (Å²) < 4.78 is 13.2. The highest BCUT2D eigenvalue weighted by Gasteiger charge is 2.24. The molecule has 2 N–H and O–H groups in total. The van der Waals surface area contributed by atoms with Crippen molar-refractivity contribution in [2.75, 3.05) is 14.2 Å². The molecule has 3 aromatic heterocycles. The number of amides is 2. The van der Waals surface area contributed by atoms with E-state index in [0.29, 0.717) is 59.8 Å². The van der Waals surface area contributed by atoms with Crippen molar-refractivity contribution in [2.24, 2.45) is 0 Å². The number of carbonyl (C=O) groups is 4. The zero-order chi connectivity index (χ0) is 41.8. The van der Waals surface area contributed by atoms with Crippen molar-refractivity contribution in [3.8, 4) is 22.8 Å². The average molecular weight is 804 g/mol. The van der Waals surface area contributed by atoms with E-state index >= 15 is 0 Å². The van der Waals surface area contributed by atoms with Crippen LogP contribution in [0.4, 0.5) is 0 Å². The molecule has 0 saturated heterocycles. The fourth-order valence-electron chi connectivity index (χ4n) is 6.46. The van der Waals surface area contributed by atoms with Crippen LogP contribution in [0.3, 0.4) is 0 Å². The third-order valence-corrected chi connectivity index (χ3v) is 9.62. The molecule has 0 radical (unpaired) electrons. The molecule has 0 aliphatic carbocycles. The molecule has 0 saturated carbocycles. The first-order valence-corrected chi connectivity index (χ1v) is 19.1. The summed E-state index contributed by atoms with van der Waals surface area (Å²) in [5.41, 5.74) is 6.72. The summed E-state index contributed by atoms with van der Waals surface area (Å²) in [6.45, 7) is 0.797. The van der Waals surface area contributed by atoms with Gasteiger partial charge in [0.05, 0.1) is 51.1 Å². The van der Waals surface area contributed by atoms with Gasteiger partial charge in [-0.2, -0.15) is 0 Å². The molecule has 0 spiro atoms. The monoisotopic (exact) mass is 803 g/mol. The van der Waals surface area contributed by atoms with Gasteiger partial charge in [-0.15, -0.1) is 10.2 Å². The van der Waals surface area contributed by atoms with E-state index in [0.717, 1.165) is 22.3 Å². The lowest BCUT2D eigenvalue weighted by atomic mass is 10.1. The molecule has 0 fully saturated rings. The van der Waals surface area contributed by atoms with Gasteiger partial charge in [-0.25, -0.2) is 23.9 Å². The maximum absolute atomic E-state index is 13.0. The van der Waals surface area contributed by atoms with Crippen molar-refractivity contribution in [3.63, 3.8) is 0 Å². The Balaban J connectivity index is 0.937. The summed E-state index contributed by atoms with van der Waals surface area (Å²) >= 11 is 0. The molecule has 15 nitrogen and oxygen atoms in total.